The third-order valence-corrected chi connectivity index (χ3v) is 10.4. The molecular formula is C41H42N6O10S2. The van der Waals surface area contributed by atoms with Gasteiger partial charge in [0.2, 0.25) is 0 Å². The number of aromatic nitrogens is 2. The molecule has 6 N–H and O–H groups in total. The van der Waals surface area contributed by atoms with E-state index in [0.29, 0.717) is 45.5 Å². The minimum Gasteiger partial charge on any atom is -0.492 e. The van der Waals surface area contributed by atoms with Crippen LogP contribution in [0.25, 0.3) is 20.4 Å². The van der Waals surface area contributed by atoms with Gasteiger partial charge < -0.3 is 45.7 Å². The lowest BCUT2D eigenvalue weighted by Gasteiger charge is -2.18. The standard InChI is InChI=1S/C28H27N3O6S.C13H15N3O4S/c1-2-35-23-13-14-29-21-15-24(38-25(21)23)26(32)30-16-22(27(33)36-17-19-9-5-3-6-10-19)31-28(34)37-18-20-11-7-4-8-12-20;1-2-20-9-3-4-15-8-5-10(21-11(8)9)12(17)16-6-7(14)13(18)19/h3-15,22H,2,16-18H2,1H3,(H,30,32)(H,31,34);3-5,7H,2,6,14H2,1H3,(H,16,17)(H,18,19)/t22-;7-/m11/s1. The molecule has 308 valence electrons. The number of esters is 1. The Kier molecular flexibility index (Phi) is 16.0. The Balaban J connectivity index is 0.000000266. The number of hydrogen-bond donors (Lipinski definition) is 5. The molecule has 3 amide bonds. The monoisotopic (exact) mass is 842 g/mol. The quantitative estimate of drug-likeness (QED) is 0.0735. The first-order chi connectivity index (χ1) is 28.6. The number of hydrogen-bond acceptors (Lipinski definition) is 14. The topological polar surface area (TPSA) is 230 Å². The number of carbonyl (C=O) groups is 5. The van der Waals surface area contributed by atoms with Crippen molar-refractivity contribution in [3.8, 4) is 11.5 Å². The van der Waals surface area contributed by atoms with Crippen molar-refractivity contribution in [2.45, 2.75) is 39.1 Å². The summed E-state index contributed by atoms with van der Waals surface area (Å²) in [6, 6.07) is 22.8. The van der Waals surface area contributed by atoms with E-state index in [1.165, 1.54) is 22.7 Å². The maximum Gasteiger partial charge on any atom is 0.408 e. The fourth-order valence-corrected chi connectivity index (χ4v) is 7.18. The minimum absolute atomic E-state index is 0.0209. The van der Waals surface area contributed by atoms with Gasteiger partial charge in [-0.2, -0.15) is 0 Å². The number of carbonyl (C=O) groups excluding carboxylic acids is 4. The first-order valence-corrected chi connectivity index (χ1v) is 19.9. The summed E-state index contributed by atoms with van der Waals surface area (Å²) in [6.07, 6.45) is 2.42. The molecule has 18 heteroatoms. The molecule has 4 heterocycles. The van der Waals surface area contributed by atoms with Crippen molar-refractivity contribution in [1.29, 1.82) is 0 Å². The molecule has 4 aromatic heterocycles. The molecule has 2 atom stereocenters. The fraction of sp³-hybridized carbons (Fsp3) is 0.244. The second-order valence-electron chi connectivity index (χ2n) is 12.4. The van der Waals surface area contributed by atoms with E-state index in [1.54, 1.807) is 36.7 Å². The molecule has 0 saturated heterocycles. The second-order valence-corrected chi connectivity index (χ2v) is 14.5. The van der Waals surface area contributed by atoms with Gasteiger partial charge in [-0.15, -0.1) is 22.7 Å². The highest BCUT2D eigenvalue weighted by atomic mass is 32.1. The Morgan fingerprint density at radius 1 is 0.695 bits per heavy atom. The second kappa shape index (κ2) is 21.8. The van der Waals surface area contributed by atoms with Crippen LogP contribution in [0.3, 0.4) is 0 Å². The zero-order valence-electron chi connectivity index (χ0n) is 32.0. The largest absolute Gasteiger partial charge is 0.492 e. The molecule has 2 aromatic carbocycles. The Labute approximate surface area is 346 Å². The van der Waals surface area contributed by atoms with Crippen LogP contribution < -0.4 is 31.2 Å². The van der Waals surface area contributed by atoms with E-state index in [1.807, 2.05) is 74.5 Å². The summed E-state index contributed by atoms with van der Waals surface area (Å²) in [6.45, 7) is 4.47. The van der Waals surface area contributed by atoms with Gasteiger partial charge in [0, 0.05) is 25.5 Å². The van der Waals surface area contributed by atoms with Crippen LogP contribution in [0.5, 0.6) is 11.5 Å². The molecule has 0 aliphatic rings. The Morgan fingerprint density at radius 3 is 1.64 bits per heavy atom. The number of rotatable bonds is 17. The van der Waals surface area contributed by atoms with Crippen LogP contribution in [-0.2, 0) is 32.3 Å². The Bertz CT molecular complexity index is 2360. The van der Waals surface area contributed by atoms with Gasteiger partial charge in [0.15, 0.2) is 0 Å². The van der Waals surface area contributed by atoms with E-state index in [2.05, 4.69) is 25.9 Å². The van der Waals surface area contributed by atoms with E-state index in [-0.39, 0.29) is 32.2 Å². The van der Waals surface area contributed by atoms with Gasteiger partial charge >= 0.3 is 18.0 Å². The highest BCUT2D eigenvalue weighted by Crippen LogP contribution is 2.33. The number of amides is 3. The minimum atomic E-state index is -1.17. The molecule has 0 saturated carbocycles. The zero-order valence-corrected chi connectivity index (χ0v) is 33.7. The van der Waals surface area contributed by atoms with Crippen LogP contribution >= 0.6 is 22.7 Å². The molecule has 0 aliphatic carbocycles. The zero-order chi connectivity index (χ0) is 42.1. The highest BCUT2D eigenvalue weighted by molar-refractivity contribution is 7.21. The molecule has 6 aromatic rings. The number of alkyl carbamates (subject to hydrolysis) is 1. The fourth-order valence-electron chi connectivity index (χ4n) is 5.18. The number of nitrogens with zero attached hydrogens (tertiary/aromatic N) is 2. The highest BCUT2D eigenvalue weighted by Gasteiger charge is 2.25. The van der Waals surface area contributed by atoms with Gasteiger partial charge in [-0.05, 0) is 49.2 Å². The third kappa shape index (κ3) is 12.7. The van der Waals surface area contributed by atoms with Crippen LogP contribution in [0.4, 0.5) is 4.79 Å². The van der Waals surface area contributed by atoms with Crippen molar-refractivity contribution in [3.05, 3.63) is 118 Å². The summed E-state index contributed by atoms with van der Waals surface area (Å²) in [4.78, 5) is 70.1. The molecule has 16 nitrogen and oxygen atoms in total. The molecule has 0 radical (unpaired) electrons. The van der Waals surface area contributed by atoms with Crippen LogP contribution in [0.15, 0.2) is 97.3 Å². The molecule has 0 fully saturated rings. The van der Waals surface area contributed by atoms with Gasteiger partial charge in [0.05, 0.1) is 43.4 Å². The first-order valence-electron chi connectivity index (χ1n) is 18.3. The molecule has 0 spiro atoms. The smallest absolute Gasteiger partial charge is 0.408 e. The van der Waals surface area contributed by atoms with Gasteiger partial charge in [-0.25, -0.2) is 9.59 Å². The van der Waals surface area contributed by atoms with Crippen molar-refractivity contribution in [2.24, 2.45) is 5.73 Å². The van der Waals surface area contributed by atoms with Crippen LogP contribution in [-0.4, -0.2) is 83.3 Å². The summed E-state index contributed by atoms with van der Waals surface area (Å²) in [7, 11) is 0. The lowest BCUT2D eigenvalue weighted by atomic mass is 10.2. The van der Waals surface area contributed by atoms with Crippen molar-refractivity contribution in [2.75, 3.05) is 26.3 Å². The van der Waals surface area contributed by atoms with E-state index < -0.39 is 36.0 Å². The summed E-state index contributed by atoms with van der Waals surface area (Å²) >= 11 is 2.48. The number of aliphatic carboxylic acids is 1. The van der Waals surface area contributed by atoms with Crippen LogP contribution in [0.2, 0.25) is 0 Å². The van der Waals surface area contributed by atoms with Crippen molar-refractivity contribution in [3.63, 3.8) is 0 Å². The van der Waals surface area contributed by atoms with E-state index >= 15 is 0 Å². The molecular weight excluding hydrogens is 801 g/mol. The predicted molar refractivity (Wildman–Crippen MR) is 222 cm³/mol. The Morgan fingerprint density at radius 2 is 1.17 bits per heavy atom. The number of pyridine rings is 2. The van der Waals surface area contributed by atoms with Crippen molar-refractivity contribution in [1.82, 2.24) is 25.9 Å². The van der Waals surface area contributed by atoms with Crippen LogP contribution in [0, 0.1) is 0 Å². The summed E-state index contributed by atoms with van der Waals surface area (Å²) in [5, 5.41) is 16.4. The number of ether oxygens (including phenoxy) is 4. The average Bonchev–Trinajstić information content (AvgIpc) is 3.90. The van der Waals surface area contributed by atoms with E-state index in [9.17, 15) is 24.0 Å². The van der Waals surface area contributed by atoms with Crippen molar-refractivity contribution < 1.29 is 48.0 Å². The number of nitrogens with two attached hydrogens (primary N) is 1. The molecule has 6 rings (SSSR count). The normalized spacial score (nSPS) is 11.6. The SMILES string of the molecule is CCOc1ccnc2cc(C(=O)NC[C@@H](N)C(=O)O)sc12.CCOc1ccnc2cc(C(=O)NC[C@@H](NC(=O)OCc3ccccc3)C(=O)OCc3ccccc3)sc12. The van der Waals surface area contributed by atoms with Gasteiger partial charge in [-0.3, -0.25) is 24.4 Å². The van der Waals surface area contributed by atoms with Crippen molar-refractivity contribution >= 4 is 73.0 Å². The summed E-state index contributed by atoms with van der Waals surface area (Å²) in [5.41, 5.74) is 8.22. The molecule has 0 unspecified atom stereocenters. The van der Waals surface area contributed by atoms with E-state index in [4.69, 9.17) is 29.8 Å². The summed E-state index contributed by atoms with van der Waals surface area (Å²) < 4.78 is 23.3. The van der Waals surface area contributed by atoms with E-state index in [0.717, 1.165) is 20.5 Å². The first kappa shape index (κ1) is 43.5. The number of carboxylic acids is 1. The summed E-state index contributed by atoms with van der Waals surface area (Å²) in [5.74, 6) is -1.34. The third-order valence-electron chi connectivity index (χ3n) is 8.08. The average molecular weight is 843 g/mol. The maximum absolute atomic E-state index is 12.9. The molecule has 0 bridgehead atoms. The van der Waals surface area contributed by atoms with Gasteiger partial charge in [0.25, 0.3) is 11.8 Å². The number of thiophene rings is 2. The lowest BCUT2D eigenvalue weighted by Crippen LogP contribution is -2.49. The number of fused-ring (bicyclic) bond motifs is 2. The number of benzene rings is 2. The predicted octanol–water partition coefficient (Wildman–Crippen LogP) is 5.30. The molecule has 0 aliphatic heterocycles. The number of carboxylic acid groups (broad SMARTS) is 1. The number of nitrogens with one attached hydrogen (secondary N) is 3. The van der Waals surface area contributed by atoms with Crippen LogP contribution in [0.1, 0.15) is 44.3 Å². The van der Waals surface area contributed by atoms with Gasteiger partial charge in [0.1, 0.15) is 36.8 Å². The van der Waals surface area contributed by atoms with Gasteiger partial charge in [-0.1, -0.05) is 60.7 Å². The molecule has 59 heavy (non-hydrogen) atoms. The lowest BCUT2D eigenvalue weighted by molar-refractivity contribution is -0.147. The maximum atomic E-state index is 12.9. The Hall–Kier alpha value is -6.63.